The molecular formula is C14H27N3O. The molecule has 0 fully saturated rings. The Kier molecular flexibility index (Phi) is 6.80. The summed E-state index contributed by atoms with van der Waals surface area (Å²) in [6, 6.07) is 0.391. The van der Waals surface area contributed by atoms with Gasteiger partial charge in [-0.15, -0.1) is 0 Å². The smallest absolute Gasteiger partial charge is 0.157 e. The Balaban J connectivity index is 2.03. The fourth-order valence-electron chi connectivity index (χ4n) is 1.61. The SMILES string of the molecule is CC(C)CNCCCCOc1cnn(C(C)C)c1. The molecule has 0 saturated heterocycles. The van der Waals surface area contributed by atoms with Crippen molar-refractivity contribution in [2.24, 2.45) is 5.92 Å². The van der Waals surface area contributed by atoms with Crippen LogP contribution in [0.2, 0.25) is 0 Å². The van der Waals surface area contributed by atoms with Crippen molar-refractivity contribution < 1.29 is 4.74 Å². The molecule has 0 aromatic carbocycles. The lowest BCUT2D eigenvalue weighted by atomic mass is 10.2. The Bertz CT molecular complexity index is 321. The van der Waals surface area contributed by atoms with Gasteiger partial charge in [0, 0.05) is 6.04 Å². The van der Waals surface area contributed by atoms with Crippen LogP contribution >= 0.6 is 0 Å². The summed E-state index contributed by atoms with van der Waals surface area (Å²) in [6.07, 6.45) is 5.99. The van der Waals surface area contributed by atoms with Gasteiger partial charge >= 0.3 is 0 Å². The zero-order valence-electron chi connectivity index (χ0n) is 12.1. The minimum Gasteiger partial charge on any atom is -0.490 e. The van der Waals surface area contributed by atoms with E-state index in [0.717, 1.165) is 44.2 Å². The maximum absolute atomic E-state index is 5.65. The Labute approximate surface area is 111 Å². The molecule has 0 aliphatic heterocycles. The first-order valence-electron chi connectivity index (χ1n) is 6.97. The first-order valence-corrected chi connectivity index (χ1v) is 6.97. The van der Waals surface area contributed by atoms with Gasteiger partial charge in [0.1, 0.15) is 0 Å². The van der Waals surface area contributed by atoms with Crippen LogP contribution in [-0.2, 0) is 0 Å². The third-order valence-electron chi connectivity index (χ3n) is 2.68. The Morgan fingerprint density at radius 3 is 2.67 bits per heavy atom. The fourth-order valence-corrected chi connectivity index (χ4v) is 1.61. The second-order valence-electron chi connectivity index (χ2n) is 5.40. The third-order valence-corrected chi connectivity index (χ3v) is 2.68. The molecule has 0 spiro atoms. The average molecular weight is 253 g/mol. The van der Waals surface area contributed by atoms with E-state index in [1.165, 1.54) is 0 Å². The van der Waals surface area contributed by atoms with Gasteiger partial charge in [-0.3, -0.25) is 4.68 Å². The molecule has 0 aliphatic rings. The average Bonchev–Trinajstić information content (AvgIpc) is 2.76. The molecule has 1 aromatic rings. The summed E-state index contributed by atoms with van der Waals surface area (Å²) in [5, 5.41) is 7.67. The van der Waals surface area contributed by atoms with E-state index >= 15 is 0 Å². The molecule has 18 heavy (non-hydrogen) atoms. The zero-order valence-corrected chi connectivity index (χ0v) is 12.1. The molecule has 1 N–H and O–H groups in total. The van der Waals surface area contributed by atoms with Crippen LogP contribution < -0.4 is 10.1 Å². The van der Waals surface area contributed by atoms with Crippen molar-refractivity contribution in [3.8, 4) is 5.75 Å². The van der Waals surface area contributed by atoms with E-state index < -0.39 is 0 Å². The quantitative estimate of drug-likeness (QED) is 0.688. The Morgan fingerprint density at radius 1 is 1.28 bits per heavy atom. The van der Waals surface area contributed by atoms with Gasteiger partial charge in [-0.25, -0.2) is 0 Å². The minimum atomic E-state index is 0.391. The van der Waals surface area contributed by atoms with E-state index in [1.807, 2.05) is 10.9 Å². The van der Waals surface area contributed by atoms with Crippen LogP contribution in [0.5, 0.6) is 5.75 Å². The summed E-state index contributed by atoms with van der Waals surface area (Å²) in [6.45, 7) is 11.6. The largest absolute Gasteiger partial charge is 0.490 e. The summed E-state index contributed by atoms with van der Waals surface area (Å²) in [7, 11) is 0. The molecule has 1 rings (SSSR count). The summed E-state index contributed by atoms with van der Waals surface area (Å²) in [5.74, 6) is 1.60. The summed E-state index contributed by atoms with van der Waals surface area (Å²) in [5.41, 5.74) is 0. The van der Waals surface area contributed by atoms with Gasteiger partial charge < -0.3 is 10.1 Å². The lowest BCUT2D eigenvalue weighted by molar-refractivity contribution is 0.304. The number of aromatic nitrogens is 2. The number of ether oxygens (including phenoxy) is 1. The molecule has 0 atom stereocenters. The van der Waals surface area contributed by atoms with Crippen LogP contribution in [0.4, 0.5) is 0 Å². The van der Waals surface area contributed by atoms with Crippen LogP contribution in [0.15, 0.2) is 12.4 Å². The maximum Gasteiger partial charge on any atom is 0.157 e. The van der Waals surface area contributed by atoms with Crippen LogP contribution in [0.25, 0.3) is 0 Å². The molecular weight excluding hydrogens is 226 g/mol. The van der Waals surface area contributed by atoms with Gasteiger partial charge in [0.15, 0.2) is 5.75 Å². The van der Waals surface area contributed by atoms with E-state index in [1.54, 1.807) is 6.20 Å². The van der Waals surface area contributed by atoms with Gasteiger partial charge in [-0.1, -0.05) is 13.8 Å². The van der Waals surface area contributed by atoms with Gasteiger partial charge in [-0.05, 0) is 45.7 Å². The van der Waals surface area contributed by atoms with Gasteiger partial charge in [0.25, 0.3) is 0 Å². The molecule has 4 heteroatoms. The Hall–Kier alpha value is -1.03. The van der Waals surface area contributed by atoms with E-state index in [0.29, 0.717) is 6.04 Å². The van der Waals surface area contributed by atoms with Gasteiger partial charge in [-0.2, -0.15) is 5.10 Å². The molecule has 1 heterocycles. The van der Waals surface area contributed by atoms with Crippen molar-refractivity contribution in [2.75, 3.05) is 19.7 Å². The van der Waals surface area contributed by atoms with Crippen LogP contribution in [0.1, 0.15) is 46.6 Å². The molecule has 0 radical (unpaired) electrons. The maximum atomic E-state index is 5.65. The number of nitrogens with zero attached hydrogens (tertiary/aromatic N) is 2. The normalized spacial score (nSPS) is 11.4. The highest BCUT2D eigenvalue weighted by molar-refractivity contribution is 5.11. The van der Waals surface area contributed by atoms with Gasteiger partial charge in [0.2, 0.25) is 0 Å². The second-order valence-corrected chi connectivity index (χ2v) is 5.40. The highest BCUT2D eigenvalue weighted by Gasteiger charge is 2.01. The predicted molar refractivity (Wildman–Crippen MR) is 75.0 cm³/mol. The number of hydrogen-bond donors (Lipinski definition) is 1. The van der Waals surface area contributed by atoms with Crippen molar-refractivity contribution in [3.63, 3.8) is 0 Å². The van der Waals surface area contributed by atoms with Crippen LogP contribution in [0.3, 0.4) is 0 Å². The third kappa shape index (κ3) is 6.05. The van der Waals surface area contributed by atoms with Crippen molar-refractivity contribution in [1.29, 1.82) is 0 Å². The van der Waals surface area contributed by atoms with E-state index in [4.69, 9.17) is 4.74 Å². The number of unbranched alkanes of at least 4 members (excludes halogenated alkanes) is 1. The molecule has 0 amide bonds. The molecule has 104 valence electrons. The molecule has 0 bridgehead atoms. The molecule has 0 unspecified atom stereocenters. The molecule has 0 aliphatic carbocycles. The van der Waals surface area contributed by atoms with Crippen molar-refractivity contribution >= 4 is 0 Å². The molecule has 4 nitrogen and oxygen atoms in total. The predicted octanol–water partition coefficient (Wildman–Crippen LogP) is 2.87. The van der Waals surface area contributed by atoms with E-state index in [-0.39, 0.29) is 0 Å². The van der Waals surface area contributed by atoms with Crippen molar-refractivity contribution in [2.45, 2.75) is 46.6 Å². The van der Waals surface area contributed by atoms with Crippen LogP contribution in [0, 0.1) is 5.92 Å². The minimum absolute atomic E-state index is 0.391. The monoisotopic (exact) mass is 253 g/mol. The summed E-state index contributed by atoms with van der Waals surface area (Å²) < 4.78 is 7.57. The van der Waals surface area contributed by atoms with Crippen molar-refractivity contribution in [3.05, 3.63) is 12.4 Å². The van der Waals surface area contributed by atoms with E-state index in [2.05, 4.69) is 38.1 Å². The zero-order chi connectivity index (χ0) is 13.4. The second kappa shape index (κ2) is 8.14. The topological polar surface area (TPSA) is 39.1 Å². The highest BCUT2D eigenvalue weighted by atomic mass is 16.5. The van der Waals surface area contributed by atoms with E-state index in [9.17, 15) is 0 Å². The Morgan fingerprint density at radius 2 is 2.06 bits per heavy atom. The first-order chi connectivity index (χ1) is 8.59. The highest BCUT2D eigenvalue weighted by Crippen LogP contribution is 2.12. The fraction of sp³-hybridized carbons (Fsp3) is 0.786. The number of nitrogens with one attached hydrogen (secondary N) is 1. The summed E-state index contributed by atoms with van der Waals surface area (Å²) in [4.78, 5) is 0. The van der Waals surface area contributed by atoms with Gasteiger partial charge in [0.05, 0.1) is 19.0 Å². The van der Waals surface area contributed by atoms with Crippen LogP contribution in [-0.4, -0.2) is 29.5 Å². The standard InChI is InChI=1S/C14H27N3O/c1-12(2)9-15-7-5-6-8-18-14-10-16-17(11-14)13(3)4/h10-13,15H,5-9H2,1-4H3. The first kappa shape index (κ1) is 15.0. The van der Waals surface area contributed by atoms with Crippen molar-refractivity contribution in [1.82, 2.24) is 15.1 Å². The molecule has 1 aromatic heterocycles. The molecule has 0 saturated carbocycles. The number of hydrogen-bond acceptors (Lipinski definition) is 3. The lowest BCUT2D eigenvalue weighted by Crippen LogP contribution is -2.21. The lowest BCUT2D eigenvalue weighted by Gasteiger charge is -2.07. The number of rotatable bonds is 9. The summed E-state index contributed by atoms with van der Waals surface area (Å²) >= 11 is 0.